The number of amides is 3. The van der Waals surface area contributed by atoms with Crippen LogP contribution < -0.4 is 19.7 Å². The van der Waals surface area contributed by atoms with Gasteiger partial charge in [0.05, 0.1) is 18.6 Å². The Morgan fingerprint density at radius 3 is 2.66 bits per heavy atom. The molecule has 1 fully saturated rings. The number of aryl methyl sites for hydroxylation is 1. The third kappa shape index (κ3) is 5.40. The zero-order valence-electron chi connectivity index (χ0n) is 17.9. The van der Waals surface area contributed by atoms with Crippen LogP contribution in [-0.4, -0.2) is 53.3 Å². The van der Waals surface area contributed by atoms with Crippen LogP contribution in [0.3, 0.4) is 0 Å². The summed E-state index contributed by atoms with van der Waals surface area (Å²) >= 11 is 1.87. The summed E-state index contributed by atoms with van der Waals surface area (Å²) in [6, 6.07) is 5.25. The average molecular weight is 478 g/mol. The number of hydrogen-bond acceptors (Lipinski definition) is 8. The van der Waals surface area contributed by atoms with Crippen LogP contribution >= 0.6 is 23.1 Å². The van der Waals surface area contributed by atoms with Crippen LogP contribution in [0.1, 0.15) is 18.2 Å². The second kappa shape index (κ2) is 10.5. The maximum Gasteiger partial charge on any atom is 0.307 e. The molecular weight excluding hydrogens is 454 g/mol. The second-order valence-corrected chi connectivity index (χ2v) is 8.57. The molecule has 1 aliphatic rings. The van der Waals surface area contributed by atoms with Gasteiger partial charge in [0.1, 0.15) is 6.54 Å². The van der Waals surface area contributed by atoms with Crippen LogP contribution in [0.2, 0.25) is 0 Å². The number of carbonyl (C=O) groups is 3. The highest BCUT2D eigenvalue weighted by Gasteiger charge is 2.34. The van der Waals surface area contributed by atoms with E-state index >= 15 is 0 Å². The third-order valence-electron chi connectivity index (χ3n) is 4.59. The van der Waals surface area contributed by atoms with Gasteiger partial charge in [0.15, 0.2) is 11.5 Å². The Morgan fingerprint density at radius 1 is 1.22 bits per heavy atom. The predicted molar refractivity (Wildman–Crippen MR) is 123 cm³/mol. The molecule has 0 radical (unpaired) electrons. The summed E-state index contributed by atoms with van der Waals surface area (Å²) in [4.78, 5) is 49.9. The van der Waals surface area contributed by atoms with Gasteiger partial charge in [-0.25, -0.2) is 0 Å². The van der Waals surface area contributed by atoms with Gasteiger partial charge in [0.25, 0.3) is 11.1 Å². The van der Waals surface area contributed by atoms with Gasteiger partial charge in [0.2, 0.25) is 5.91 Å². The Morgan fingerprint density at radius 2 is 2.00 bits per heavy atom. The summed E-state index contributed by atoms with van der Waals surface area (Å²) in [5.41, 5.74) is 1.40. The molecule has 0 saturated carbocycles. The molecule has 3 rings (SSSR count). The van der Waals surface area contributed by atoms with E-state index < -0.39 is 11.1 Å². The predicted octanol–water partition coefficient (Wildman–Crippen LogP) is 2.48. The van der Waals surface area contributed by atoms with Crippen LogP contribution in [0.25, 0.3) is 6.08 Å². The van der Waals surface area contributed by atoms with E-state index in [4.69, 9.17) is 9.47 Å². The number of rotatable bonds is 9. The summed E-state index contributed by atoms with van der Waals surface area (Å²) < 4.78 is 12.2. The van der Waals surface area contributed by atoms with Crippen molar-refractivity contribution < 1.29 is 23.9 Å². The number of ether oxygens (including phenoxy) is 2. The Bertz CT molecular complexity index is 1120. The topological polar surface area (TPSA) is 107 Å². The van der Waals surface area contributed by atoms with Crippen molar-refractivity contribution in [3.05, 3.63) is 49.4 Å². The van der Waals surface area contributed by atoms with Crippen molar-refractivity contribution in [2.45, 2.75) is 20.4 Å². The fourth-order valence-electron chi connectivity index (χ4n) is 3.00. The number of aromatic nitrogens is 1. The molecule has 0 aliphatic carbocycles. The van der Waals surface area contributed by atoms with Crippen molar-refractivity contribution in [2.24, 2.45) is 0 Å². The SMILES string of the molecule is CCOc1ccc(/C=C2\SC(=O)N(CCNC(=O)Cn3c(C)csc3=O)C2=O)cc1OC. The van der Waals surface area contributed by atoms with Crippen molar-refractivity contribution in [2.75, 3.05) is 26.8 Å². The molecule has 170 valence electrons. The molecule has 2 heterocycles. The highest BCUT2D eigenvalue weighted by atomic mass is 32.2. The Balaban J connectivity index is 1.60. The lowest BCUT2D eigenvalue weighted by Gasteiger charge is -2.13. The molecule has 0 spiro atoms. The van der Waals surface area contributed by atoms with E-state index in [9.17, 15) is 19.2 Å². The zero-order chi connectivity index (χ0) is 23.3. The van der Waals surface area contributed by atoms with Crippen molar-refractivity contribution in [1.29, 1.82) is 0 Å². The molecule has 1 N–H and O–H groups in total. The lowest BCUT2D eigenvalue weighted by atomic mass is 10.2. The average Bonchev–Trinajstić information content (AvgIpc) is 3.22. The number of nitrogens with one attached hydrogen (secondary N) is 1. The Labute approximate surface area is 193 Å². The summed E-state index contributed by atoms with van der Waals surface area (Å²) in [5, 5.41) is 3.92. The monoisotopic (exact) mass is 477 g/mol. The van der Waals surface area contributed by atoms with Crippen molar-refractivity contribution in [3.63, 3.8) is 0 Å². The standard InChI is InChI=1S/C21H23N3O6S2/c1-4-30-15-6-5-14(9-16(15)29-3)10-17-19(26)23(21(28)32-17)8-7-22-18(25)11-24-13(2)12-31-20(24)27/h5-6,9-10,12H,4,7-8,11H2,1-3H3,(H,22,25)/b17-10-. The van der Waals surface area contributed by atoms with Gasteiger partial charge in [-0.2, -0.15) is 0 Å². The molecule has 32 heavy (non-hydrogen) atoms. The minimum Gasteiger partial charge on any atom is -0.493 e. The maximum absolute atomic E-state index is 12.7. The molecule has 2 aromatic rings. The first kappa shape index (κ1) is 23.6. The summed E-state index contributed by atoms with van der Waals surface area (Å²) in [5.74, 6) is 0.336. The van der Waals surface area contributed by atoms with Crippen LogP contribution in [-0.2, 0) is 16.1 Å². The molecule has 11 heteroatoms. The van der Waals surface area contributed by atoms with E-state index in [1.54, 1.807) is 36.6 Å². The molecule has 0 atom stereocenters. The fourth-order valence-corrected chi connectivity index (χ4v) is 4.60. The van der Waals surface area contributed by atoms with Gasteiger partial charge < -0.3 is 14.8 Å². The van der Waals surface area contributed by atoms with Crippen molar-refractivity contribution >= 4 is 46.2 Å². The Hall–Kier alpha value is -3.05. The van der Waals surface area contributed by atoms with E-state index in [0.717, 1.165) is 28.0 Å². The van der Waals surface area contributed by atoms with Gasteiger partial charge >= 0.3 is 4.87 Å². The molecule has 0 bridgehead atoms. The minimum atomic E-state index is -0.424. The molecule has 1 aliphatic heterocycles. The number of hydrogen-bond donors (Lipinski definition) is 1. The number of methoxy groups -OCH3 is 1. The number of benzene rings is 1. The highest BCUT2D eigenvalue weighted by Crippen LogP contribution is 2.34. The van der Waals surface area contributed by atoms with Gasteiger partial charge in [-0.05, 0) is 49.4 Å². The summed E-state index contributed by atoms with van der Waals surface area (Å²) in [6.45, 7) is 4.15. The molecule has 1 aromatic heterocycles. The van der Waals surface area contributed by atoms with E-state index in [0.29, 0.717) is 29.4 Å². The number of nitrogens with zero attached hydrogens (tertiary/aromatic N) is 2. The van der Waals surface area contributed by atoms with Crippen LogP contribution in [0.15, 0.2) is 33.3 Å². The van der Waals surface area contributed by atoms with Gasteiger partial charge in [0, 0.05) is 24.2 Å². The normalized spacial score (nSPS) is 14.8. The van der Waals surface area contributed by atoms with Crippen LogP contribution in [0.4, 0.5) is 4.79 Å². The number of thiazole rings is 1. The van der Waals surface area contributed by atoms with Crippen LogP contribution in [0, 0.1) is 6.92 Å². The van der Waals surface area contributed by atoms with E-state index in [1.165, 1.54) is 11.7 Å². The molecule has 3 amide bonds. The first-order valence-electron chi connectivity index (χ1n) is 9.81. The summed E-state index contributed by atoms with van der Waals surface area (Å²) in [7, 11) is 1.53. The van der Waals surface area contributed by atoms with E-state index in [-0.39, 0.29) is 35.3 Å². The number of imide groups is 1. The first-order chi connectivity index (χ1) is 15.3. The smallest absolute Gasteiger partial charge is 0.307 e. The highest BCUT2D eigenvalue weighted by molar-refractivity contribution is 8.18. The lowest BCUT2D eigenvalue weighted by molar-refractivity contribution is -0.124. The number of thioether (sulfide) groups is 1. The molecule has 1 saturated heterocycles. The van der Waals surface area contributed by atoms with Crippen molar-refractivity contribution in [3.8, 4) is 11.5 Å². The van der Waals surface area contributed by atoms with E-state index in [2.05, 4.69) is 5.32 Å². The fraction of sp³-hybridized carbons (Fsp3) is 0.333. The van der Waals surface area contributed by atoms with Gasteiger partial charge in [-0.3, -0.25) is 28.6 Å². The molecule has 1 aromatic carbocycles. The van der Waals surface area contributed by atoms with Crippen molar-refractivity contribution in [1.82, 2.24) is 14.8 Å². The summed E-state index contributed by atoms with van der Waals surface area (Å²) in [6.07, 6.45) is 1.62. The molecule has 0 unspecified atom stereocenters. The maximum atomic E-state index is 12.7. The van der Waals surface area contributed by atoms with E-state index in [1.807, 2.05) is 6.92 Å². The largest absolute Gasteiger partial charge is 0.493 e. The zero-order valence-corrected chi connectivity index (χ0v) is 19.5. The second-order valence-electron chi connectivity index (χ2n) is 6.76. The van der Waals surface area contributed by atoms with Gasteiger partial charge in [-0.15, -0.1) is 0 Å². The van der Waals surface area contributed by atoms with Crippen LogP contribution in [0.5, 0.6) is 11.5 Å². The molecular formula is C21H23N3O6S2. The third-order valence-corrected chi connectivity index (χ3v) is 6.38. The molecule has 9 nitrogen and oxygen atoms in total. The Kier molecular flexibility index (Phi) is 7.75. The lowest BCUT2D eigenvalue weighted by Crippen LogP contribution is -2.39. The first-order valence-corrected chi connectivity index (χ1v) is 11.5. The quantitative estimate of drug-likeness (QED) is 0.553. The minimum absolute atomic E-state index is 0.0395. The number of carbonyl (C=O) groups excluding carboxylic acids is 3. The van der Waals surface area contributed by atoms with Gasteiger partial charge in [-0.1, -0.05) is 17.4 Å².